The molecule has 0 unspecified atom stereocenters. The lowest BCUT2D eigenvalue weighted by atomic mass is 10.2. The Balaban J connectivity index is 1.94. The number of fused-ring (bicyclic) bond motifs is 1. The van der Waals surface area contributed by atoms with E-state index in [4.69, 9.17) is 4.74 Å². The lowest BCUT2D eigenvalue weighted by Gasteiger charge is -2.20. The molecule has 0 radical (unpaired) electrons. The van der Waals surface area contributed by atoms with Crippen LogP contribution in [0.4, 0.5) is 0 Å². The number of unbranched alkanes of at least 4 members (excludes halogenated alkanes) is 1. The molecule has 3 rings (SSSR count). The number of rotatable bonds is 10. The summed E-state index contributed by atoms with van der Waals surface area (Å²) in [4.78, 5) is 18.1. The molecule has 2 aromatic carbocycles. The molecule has 0 saturated heterocycles. The number of thiazole rings is 1. The lowest BCUT2D eigenvalue weighted by molar-refractivity contribution is 0.0997. The summed E-state index contributed by atoms with van der Waals surface area (Å²) in [5, 5.41) is 0. The van der Waals surface area contributed by atoms with Gasteiger partial charge in [-0.3, -0.25) is 4.79 Å². The number of aromatic nitrogens is 1. The summed E-state index contributed by atoms with van der Waals surface area (Å²) in [6, 6.07) is 12.1. The van der Waals surface area contributed by atoms with Crippen LogP contribution in [-0.4, -0.2) is 50.0 Å². The maximum atomic E-state index is 12.9. The number of hydrogen-bond donors (Lipinski definition) is 0. The van der Waals surface area contributed by atoms with Crippen LogP contribution < -0.4 is 4.80 Å². The van der Waals surface area contributed by atoms with Crippen molar-refractivity contribution in [2.75, 3.05) is 26.8 Å². The molecule has 0 aliphatic carbocycles. The van der Waals surface area contributed by atoms with Crippen molar-refractivity contribution in [2.24, 2.45) is 4.99 Å². The Morgan fingerprint density at radius 2 is 1.88 bits per heavy atom. The zero-order valence-electron chi connectivity index (χ0n) is 19.6. The van der Waals surface area contributed by atoms with Gasteiger partial charge in [0.05, 0.1) is 21.7 Å². The quantitative estimate of drug-likeness (QED) is 0.427. The van der Waals surface area contributed by atoms with Crippen molar-refractivity contribution in [3.63, 3.8) is 0 Å². The number of carbonyl (C=O) groups is 1. The predicted molar refractivity (Wildman–Crippen MR) is 132 cm³/mol. The van der Waals surface area contributed by atoms with Crippen LogP contribution in [0, 0.1) is 6.92 Å². The molecule has 0 aliphatic heterocycles. The van der Waals surface area contributed by atoms with Gasteiger partial charge in [-0.05, 0) is 49.2 Å². The van der Waals surface area contributed by atoms with Gasteiger partial charge in [-0.1, -0.05) is 43.7 Å². The fraction of sp³-hybridized carbons (Fsp3) is 0.417. The molecule has 33 heavy (non-hydrogen) atoms. The Kier molecular flexibility index (Phi) is 8.58. The number of sulfonamides is 1. The first-order chi connectivity index (χ1) is 15.8. The summed E-state index contributed by atoms with van der Waals surface area (Å²) >= 11 is 1.45. The highest BCUT2D eigenvalue weighted by Gasteiger charge is 2.22. The maximum Gasteiger partial charge on any atom is 0.279 e. The number of nitrogens with zero attached hydrogens (tertiary/aromatic N) is 3. The minimum absolute atomic E-state index is 0.185. The summed E-state index contributed by atoms with van der Waals surface area (Å²) in [7, 11) is -1.95. The molecule has 1 aromatic heterocycles. The van der Waals surface area contributed by atoms with Crippen LogP contribution in [-0.2, 0) is 21.3 Å². The summed E-state index contributed by atoms with van der Waals surface area (Å²) in [6.45, 7) is 7.86. The average molecular weight is 490 g/mol. The van der Waals surface area contributed by atoms with Crippen LogP contribution in [0.15, 0.2) is 52.4 Å². The van der Waals surface area contributed by atoms with E-state index in [0.29, 0.717) is 36.6 Å². The Morgan fingerprint density at radius 3 is 2.52 bits per heavy atom. The van der Waals surface area contributed by atoms with Gasteiger partial charge in [-0.15, -0.1) is 0 Å². The monoisotopic (exact) mass is 489 g/mol. The van der Waals surface area contributed by atoms with Crippen molar-refractivity contribution in [1.29, 1.82) is 0 Å². The highest BCUT2D eigenvalue weighted by Crippen LogP contribution is 2.21. The number of carbonyl (C=O) groups excluding carboxylic acids is 1. The highest BCUT2D eigenvalue weighted by molar-refractivity contribution is 7.89. The Morgan fingerprint density at radius 1 is 1.15 bits per heavy atom. The molecule has 0 fully saturated rings. The second kappa shape index (κ2) is 11.2. The zero-order chi connectivity index (χ0) is 24.0. The van der Waals surface area contributed by atoms with E-state index in [1.54, 1.807) is 7.11 Å². The number of hydrogen-bond acceptors (Lipinski definition) is 5. The topological polar surface area (TPSA) is 81.0 Å². The molecule has 0 bridgehead atoms. The number of aryl methyl sites for hydroxylation is 1. The van der Waals surface area contributed by atoms with E-state index in [-0.39, 0.29) is 4.90 Å². The molecule has 1 amide bonds. The summed E-state index contributed by atoms with van der Waals surface area (Å²) in [5.74, 6) is -0.410. The SMILES string of the molecule is CCCCN(CC)S(=O)(=O)c1ccc(C(=O)N=c2sc3cccc(C)c3n2CCOC)cc1. The van der Waals surface area contributed by atoms with Crippen LogP contribution in [0.3, 0.4) is 0 Å². The molecular formula is C24H31N3O4S2. The third kappa shape index (κ3) is 5.60. The average Bonchev–Trinajstić information content (AvgIpc) is 3.16. The molecule has 0 spiro atoms. The van der Waals surface area contributed by atoms with E-state index in [1.165, 1.54) is 39.9 Å². The van der Waals surface area contributed by atoms with Gasteiger partial charge in [0.1, 0.15) is 0 Å². The normalized spacial score (nSPS) is 12.7. The highest BCUT2D eigenvalue weighted by atomic mass is 32.2. The van der Waals surface area contributed by atoms with Crippen molar-refractivity contribution < 1.29 is 17.9 Å². The predicted octanol–water partition coefficient (Wildman–Crippen LogP) is 4.21. The van der Waals surface area contributed by atoms with Gasteiger partial charge in [0, 0.05) is 32.3 Å². The third-order valence-corrected chi connectivity index (χ3v) is 8.50. The fourth-order valence-electron chi connectivity index (χ4n) is 3.64. The maximum absolute atomic E-state index is 12.9. The largest absolute Gasteiger partial charge is 0.383 e. The molecule has 0 atom stereocenters. The summed E-state index contributed by atoms with van der Waals surface area (Å²) in [5.41, 5.74) is 2.49. The Hall–Kier alpha value is -2.33. The molecule has 3 aromatic rings. The molecule has 0 aliphatic rings. The molecule has 7 nitrogen and oxygen atoms in total. The van der Waals surface area contributed by atoms with Crippen LogP contribution in [0.25, 0.3) is 10.2 Å². The van der Waals surface area contributed by atoms with Crippen molar-refractivity contribution in [3.8, 4) is 0 Å². The minimum Gasteiger partial charge on any atom is -0.383 e. The van der Waals surface area contributed by atoms with Crippen molar-refractivity contribution in [3.05, 3.63) is 58.4 Å². The Labute approximate surface area is 199 Å². The first-order valence-electron chi connectivity index (χ1n) is 11.1. The molecule has 178 valence electrons. The van der Waals surface area contributed by atoms with Gasteiger partial charge < -0.3 is 9.30 Å². The number of para-hydroxylation sites is 1. The number of ether oxygens (including phenoxy) is 1. The second-order valence-electron chi connectivity index (χ2n) is 7.74. The van der Waals surface area contributed by atoms with E-state index in [1.807, 2.05) is 43.5 Å². The molecule has 0 N–H and O–H groups in total. The van der Waals surface area contributed by atoms with Crippen LogP contribution >= 0.6 is 11.3 Å². The Bertz CT molecular complexity index is 1280. The lowest BCUT2D eigenvalue weighted by Crippen LogP contribution is -2.31. The van der Waals surface area contributed by atoms with E-state index < -0.39 is 15.9 Å². The number of benzene rings is 2. The first-order valence-corrected chi connectivity index (χ1v) is 13.4. The van der Waals surface area contributed by atoms with Crippen molar-refractivity contribution in [2.45, 2.75) is 45.1 Å². The van der Waals surface area contributed by atoms with E-state index >= 15 is 0 Å². The number of amides is 1. The molecule has 0 saturated carbocycles. The molecule has 1 heterocycles. The van der Waals surface area contributed by atoms with E-state index in [0.717, 1.165) is 28.6 Å². The smallest absolute Gasteiger partial charge is 0.279 e. The summed E-state index contributed by atoms with van der Waals surface area (Å²) < 4.78 is 35.6. The van der Waals surface area contributed by atoms with Gasteiger partial charge in [0.25, 0.3) is 5.91 Å². The van der Waals surface area contributed by atoms with Crippen LogP contribution in [0.2, 0.25) is 0 Å². The molecular weight excluding hydrogens is 458 g/mol. The second-order valence-corrected chi connectivity index (χ2v) is 10.7. The van der Waals surface area contributed by atoms with Crippen LogP contribution in [0.5, 0.6) is 0 Å². The van der Waals surface area contributed by atoms with Gasteiger partial charge in [-0.25, -0.2) is 8.42 Å². The third-order valence-electron chi connectivity index (χ3n) is 5.47. The van der Waals surface area contributed by atoms with Gasteiger partial charge in [0.15, 0.2) is 4.80 Å². The van der Waals surface area contributed by atoms with E-state index in [2.05, 4.69) is 4.99 Å². The fourth-order valence-corrected chi connectivity index (χ4v) is 6.26. The van der Waals surface area contributed by atoms with Gasteiger partial charge in [-0.2, -0.15) is 9.30 Å². The molecule has 9 heteroatoms. The van der Waals surface area contributed by atoms with Gasteiger partial charge >= 0.3 is 0 Å². The summed E-state index contributed by atoms with van der Waals surface area (Å²) in [6.07, 6.45) is 1.73. The van der Waals surface area contributed by atoms with E-state index in [9.17, 15) is 13.2 Å². The minimum atomic E-state index is -3.59. The first kappa shape index (κ1) is 25.3. The van der Waals surface area contributed by atoms with Crippen molar-refractivity contribution in [1.82, 2.24) is 8.87 Å². The zero-order valence-corrected chi connectivity index (χ0v) is 21.2. The van der Waals surface area contributed by atoms with Crippen LogP contribution in [0.1, 0.15) is 42.6 Å². The van der Waals surface area contributed by atoms with Gasteiger partial charge in [0.2, 0.25) is 10.0 Å². The number of methoxy groups -OCH3 is 1. The standard InChI is InChI=1S/C24H31N3O4S2/c1-5-7-15-26(6-2)33(29,30)20-13-11-19(12-14-20)23(28)25-24-27(16-17-31-4)22-18(3)9-8-10-21(22)32-24/h8-14H,5-7,15-17H2,1-4H3. The van der Waals surface area contributed by atoms with Crippen molar-refractivity contribution >= 4 is 37.5 Å².